The van der Waals surface area contributed by atoms with E-state index in [0.717, 1.165) is 27.8 Å². The van der Waals surface area contributed by atoms with E-state index in [9.17, 15) is 4.39 Å². The van der Waals surface area contributed by atoms with Crippen LogP contribution in [0.15, 0.2) is 83.3 Å². The highest BCUT2D eigenvalue weighted by atomic mass is 19.1. The maximum atomic E-state index is 15.0. The number of imidazole rings is 1. The van der Waals surface area contributed by atoms with Crippen molar-refractivity contribution in [1.82, 2.24) is 14.5 Å². The van der Waals surface area contributed by atoms with Crippen molar-refractivity contribution < 1.29 is 8.81 Å². The van der Waals surface area contributed by atoms with E-state index >= 15 is 0 Å². The second-order valence-electron chi connectivity index (χ2n) is 9.29. The fraction of sp³-hybridized carbons (Fsp3) is 0.143. The molecular formula is C28H22FN3O. The van der Waals surface area contributed by atoms with Crippen LogP contribution in [0, 0.1) is 5.82 Å². The minimum absolute atomic E-state index is 0.104. The van der Waals surface area contributed by atoms with Crippen molar-refractivity contribution in [2.75, 3.05) is 0 Å². The lowest BCUT2D eigenvalue weighted by atomic mass is 9.92. The number of hydrogen-bond donors (Lipinski definition) is 0. The number of furan rings is 1. The first-order valence-corrected chi connectivity index (χ1v) is 11.0. The van der Waals surface area contributed by atoms with E-state index in [1.165, 1.54) is 6.07 Å². The Balaban J connectivity index is 1.72. The average molecular weight is 436 g/mol. The highest BCUT2D eigenvalue weighted by molar-refractivity contribution is 6.09. The number of nitrogens with zero attached hydrogens (tertiary/aromatic N) is 3. The van der Waals surface area contributed by atoms with Crippen molar-refractivity contribution in [2.24, 2.45) is 0 Å². The van der Waals surface area contributed by atoms with Gasteiger partial charge >= 0.3 is 0 Å². The number of rotatable bonds is 2. The van der Waals surface area contributed by atoms with Gasteiger partial charge in [0.05, 0.1) is 16.5 Å². The topological polar surface area (TPSA) is 43.9 Å². The van der Waals surface area contributed by atoms with Crippen LogP contribution in [0.25, 0.3) is 50.2 Å². The number of pyridine rings is 1. The molecule has 0 N–H and O–H groups in total. The molecule has 0 saturated carbocycles. The summed E-state index contributed by atoms with van der Waals surface area (Å²) in [5.41, 5.74) is 5.21. The minimum atomic E-state index is -0.311. The van der Waals surface area contributed by atoms with E-state index in [-0.39, 0.29) is 11.2 Å². The van der Waals surface area contributed by atoms with Gasteiger partial charge in [-0.2, -0.15) is 0 Å². The lowest BCUT2D eigenvalue weighted by Gasteiger charge is -2.17. The molecule has 6 rings (SSSR count). The summed E-state index contributed by atoms with van der Waals surface area (Å²) in [5.74, 6) is 0.355. The highest BCUT2D eigenvalue weighted by Gasteiger charge is 2.23. The molecule has 0 radical (unpaired) electrons. The first-order chi connectivity index (χ1) is 15.9. The zero-order chi connectivity index (χ0) is 22.7. The minimum Gasteiger partial charge on any atom is -0.455 e. The third-order valence-electron chi connectivity index (χ3n) is 6.02. The largest absolute Gasteiger partial charge is 0.455 e. The van der Waals surface area contributed by atoms with Crippen molar-refractivity contribution in [2.45, 2.75) is 26.2 Å². The summed E-state index contributed by atoms with van der Waals surface area (Å²) in [6.45, 7) is 6.40. The van der Waals surface area contributed by atoms with Crippen LogP contribution in [0.5, 0.6) is 0 Å². The lowest BCUT2D eigenvalue weighted by Crippen LogP contribution is -2.13. The van der Waals surface area contributed by atoms with Gasteiger partial charge in [-0.3, -0.25) is 4.57 Å². The molecule has 3 aromatic carbocycles. The lowest BCUT2D eigenvalue weighted by molar-refractivity contribution is 0.571. The fourth-order valence-corrected chi connectivity index (χ4v) is 4.36. The van der Waals surface area contributed by atoms with Crippen LogP contribution >= 0.6 is 0 Å². The molecule has 162 valence electrons. The van der Waals surface area contributed by atoms with E-state index in [1.54, 1.807) is 6.07 Å². The molecule has 0 bridgehead atoms. The van der Waals surface area contributed by atoms with Crippen molar-refractivity contribution in [3.63, 3.8) is 0 Å². The summed E-state index contributed by atoms with van der Waals surface area (Å²) in [5, 5.41) is 1.22. The van der Waals surface area contributed by atoms with Crippen LogP contribution in [0.3, 0.4) is 0 Å². The van der Waals surface area contributed by atoms with Crippen molar-refractivity contribution in [3.05, 3.63) is 90.4 Å². The van der Waals surface area contributed by atoms with Gasteiger partial charge in [-0.1, -0.05) is 57.2 Å². The molecular weight excluding hydrogens is 413 g/mol. The van der Waals surface area contributed by atoms with Gasteiger partial charge in [0.25, 0.3) is 0 Å². The van der Waals surface area contributed by atoms with E-state index in [4.69, 9.17) is 14.4 Å². The summed E-state index contributed by atoms with van der Waals surface area (Å²) in [6, 6.07) is 24.9. The quantitative estimate of drug-likeness (QED) is 0.284. The number of halogens is 1. The third-order valence-corrected chi connectivity index (χ3v) is 6.02. The maximum absolute atomic E-state index is 15.0. The van der Waals surface area contributed by atoms with E-state index in [0.29, 0.717) is 28.0 Å². The van der Waals surface area contributed by atoms with Gasteiger partial charge in [0.2, 0.25) is 0 Å². The molecule has 0 amide bonds. The Morgan fingerprint density at radius 3 is 2.36 bits per heavy atom. The fourth-order valence-electron chi connectivity index (χ4n) is 4.36. The molecule has 0 aliphatic rings. The SMILES string of the molecule is CC(C)(C)c1ccc2c(n1)nc(-c1ccc(F)c3c1oc1ccccc13)n2-c1ccccc1. The van der Waals surface area contributed by atoms with Gasteiger partial charge in [0.15, 0.2) is 11.5 Å². The Bertz CT molecular complexity index is 1660. The molecule has 3 aromatic heterocycles. The number of aromatic nitrogens is 3. The van der Waals surface area contributed by atoms with Crippen LogP contribution < -0.4 is 0 Å². The third kappa shape index (κ3) is 3.04. The van der Waals surface area contributed by atoms with Gasteiger partial charge in [-0.05, 0) is 42.5 Å². The zero-order valence-electron chi connectivity index (χ0n) is 18.6. The predicted molar refractivity (Wildman–Crippen MR) is 130 cm³/mol. The van der Waals surface area contributed by atoms with Crippen molar-refractivity contribution >= 4 is 33.1 Å². The second kappa shape index (κ2) is 7.01. The number of hydrogen-bond acceptors (Lipinski definition) is 3. The van der Waals surface area contributed by atoms with E-state index in [1.807, 2.05) is 54.6 Å². The molecule has 4 nitrogen and oxygen atoms in total. The molecule has 0 unspecified atom stereocenters. The molecule has 0 aliphatic heterocycles. The molecule has 0 aliphatic carbocycles. The smallest absolute Gasteiger partial charge is 0.178 e. The van der Waals surface area contributed by atoms with Crippen LogP contribution in [0.1, 0.15) is 26.5 Å². The molecule has 3 heterocycles. The summed E-state index contributed by atoms with van der Waals surface area (Å²) in [4.78, 5) is 9.84. The Morgan fingerprint density at radius 1 is 0.818 bits per heavy atom. The maximum Gasteiger partial charge on any atom is 0.178 e. The van der Waals surface area contributed by atoms with E-state index in [2.05, 4.69) is 37.5 Å². The molecule has 0 fully saturated rings. The number of fused-ring (bicyclic) bond motifs is 4. The summed E-state index contributed by atoms with van der Waals surface area (Å²) < 4.78 is 23.2. The predicted octanol–water partition coefficient (Wildman–Crippen LogP) is 7.42. The Labute approximate surface area is 190 Å². The average Bonchev–Trinajstić information content (AvgIpc) is 3.38. The zero-order valence-corrected chi connectivity index (χ0v) is 18.6. The normalized spacial score (nSPS) is 12.2. The summed E-state index contributed by atoms with van der Waals surface area (Å²) in [7, 11) is 0. The molecule has 5 heteroatoms. The summed E-state index contributed by atoms with van der Waals surface area (Å²) in [6.07, 6.45) is 0. The molecule has 0 spiro atoms. The first-order valence-electron chi connectivity index (χ1n) is 11.0. The van der Waals surface area contributed by atoms with Gasteiger partial charge < -0.3 is 4.42 Å². The van der Waals surface area contributed by atoms with Gasteiger partial charge in [-0.25, -0.2) is 14.4 Å². The number of benzene rings is 3. The Hall–Kier alpha value is -3.99. The van der Waals surface area contributed by atoms with Crippen LogP contribution in [-0.2, 0) is 5.41 Å². The van der Waals surface area contributed by atoms with Gasteiger partial charge in [0.1, 0.15) is 17.0 Å². The van der Waals surface area contributed by atoms with Gasteiger partial charge in [-0.15, -0.1) is 0 Å². The number of para-hydroxylation sites is 2. The Kier molecular flexibility index (Phi) is 4.18. The van der Waals surface area contributed by atoms with Gasteiger partial charge in [0, 0.05) is 22.2 Å². The highest BCUT2D eigenvalue weighted by Crippen LogP contribution is 2.39. The molecule has 33 heavy (non-hydrogen) atoms. The monoisotopic (exact) mass is 435 g/mol. The summed E-state index contributed by atoms with van der Waals surface area (Å²) >= 11 is 0. The molecule has 0 saturated heterocycles. The van der Waals surface area contributed by atoms with E-state index < -0.39 is 0 Å². The first kappa shape index (κ1) is 19.7. The van der Waals surface area contributed by atoms with Crippen LogP contribution in [0.2, 0.25) is 0 Å². The molecule has 6 aromatic rings. The van der Waals surface area contributed by atoms with Crippen LogP contribution in [0.4, 0.5) is 4.39 Å². The standard InChI is InChI=1S/C28H22FN3O/c1-28(2,3)23-16-15-21-26(30-23)31-27(32(21)17-9-5-4-6-10-17)19-13-14-20(29)24-18-11-7-8-12-22(18)33-25(19)24/h4-16H,1-3H3. The van der Waals surface area contributed by atoms with Crippen molar-refractivity contribution in [3.8, 4) is 17.1 Å². The Morgan fingerprint density at radius 2 is 1.58 bits per heavy atom. The van der Waals surface area contributed by atoms with Crippen molar-refractivity contribution in [1.29, 1.82) is 0 Å². The molecule has 0 atom stereocenters. The second-order valence-corrected chi connectivity index (χ2v) is 9.29. The van der Waals surface area contributed by atoms with Crippen LogP contribution in [-0.4, -0.2) is 14.5 Å².